The molecule has 1 rings (SSSR count). The average molecular weight is 225 g/mol. The Labute approximate surface area is 93.8 Å². The van der Waals surface area contributed by atoms with E-state index in [-0.39, 0.29) is 11.4 Å². The van der Waals surface area contributed by atoms with Crippen molar-refractivity contribution in [1.82, 2.24) is 9.97 Å². The molecule has 0 spiro atoms. The number of nitrogen functional groups attached to an aromatic ring is 1. The Bertz CT molecular complexity index is 404. The van der Waals surface area contributed by atoms with Crippen molar-refractivity contribution in [2.24, 2.45) is 0 Å². The van der Waals surface area contributed by atoms with Gasteiger partial charge in [0.25, 0.3) is 0 Å². The molecule has 6 nitrogen and oxygen atoms in total. The Balaban J connectivity index is 3.14. The molecule has 0 unspecified atom stereocenters. The summed E-state index contributed by atoms with van der Waals surface area (Å²) in [6, 6.07) is 0. The number of carbonyl (C=O) groups excluding carboxylic acids is 1. The van der Waals surface area contributed by atoms with Gasteiger partial charge in [0.2, 0.25) is 0 Å². The van der Waals surface area contributed by atoms with Gasteiger partial charge in [0, 0.05) is 13.3 Å². The van der Waals surface area contributed by atoms with Crippen LogP contribution in [-0.4, -0.2) is 30.2 Å². The van der Waals surface area contributed by atoms with Crippen molar-refractivity contribution in [3.8, 4) is 0 Å². The summed E-state index contributed by atoms with van der Waals surface area (Å²) in [5.41, 5.74) is 5.14. The molecule has 0 saturated heterocycles. The van der Waals surface area contributed by atoms with Crippen molar-refractivity contribution in [3.63, 3.8) is 0 Å². The van der Waals surface area contributed by atoms with Gasteiger partial charge in [-0.1, -0.05) is 0 Å². The Kier molecular flexibility index (Phi) is 3.44. The molecule has 0 fully saturated rings. The second kappa shape index (κ2) is 4.44. The summed E-state index contributed by atoms with van der Waals surface area (Å²) >= 11 is 0. The van der Waals surface area contributed by atoms with Crippen LogP contribution in [0.1, 0.15) is 30.0 Å². The number of nitrogens with two attached hydrogens (primary N) is 1. The van der Waals surface area contributed by atoms with Gasteiger partial charge in [0.1, 0.15) is 17.0 Å². The maximum Gasteiger partial charge on any atom is 0.343 e. The summed E-state index contributed by atoms with van der Waals surface area (Å²) in [5, 5.41) is 0. The van der Waals surface area contributed by atoms with Gasteiger partial charge >= 0.3 is 5.97 Å². The van der Waals surface area contributed by atoms with Crippen LogP contribution in [0.3, 0.4) is 0 Å². The van der Waals surface area contributed by atoms with Gasteiger partial charge in [-0.05, 0) is 13.8 Å². The highest BCUT2D eigenvalue weighted by atomic mass is 16.5. The van der Waals surface area contributed by atoms with E-state index in [0.29, 0.717) is 5.82 Å². The van der Waals surface area contributed by atoms with Crippen molar-refractivity contribution in [3.05, 3.63) is 17.6 Å². The summed E-state index contributed by atoms with van der Waals surface area (Å²) < 4.78 is 9.75. The lowest BCUT2D eigenvalue weighted by Crippen LogP contribution is -2.24. The number of rotatable bonds is 3. The highest BCUT2D eigenvalue weighted by Gasteiger charge is 2.25. The molecule has 0 aliphatic rings. The topological polar surface area (TPSA) is 87.3 Å². The molecule has 0 aromatic carbocycles. The minimum Gasteiger partial charge on any atom is -0.465 e. The molecule has 0 radical (unpaired) electrons. The number of ether oxygens (including phenoxy) is 2. The first-order valence-electron chi connectivity index (χ1n) is 4.69. The van der Waals surface area contributed by atoms with Crippen molar-refractivity contribution < 1.29 is 14.3 Å². The maximum atomic E-state index is 11.3. The second-order valence-corrected chi connectivity index (χ2v) is 3.70. The molecule has 0 amide bonds. The van der Waals surface area contributed by atoms with Crippen LogP contribution in [0.4, 0.5) is 5.82 Å². The molecule has 1 aromatic heterocycles. The van der Waals surface area contributed by atoms with E-state index in [0.717, 1.165) is 0 Å². The SMILES string of the molecule is COC(=O)c1cnc(C(C)(C)OC)nc1N. The van der Waals surface area contributed by atoms with E-state index in [9.17, 15) is 4.79 Å². The van der Waals surface area contributed by atoms with Crippen molar-refractivity contribution in [2.45, 2.75) is 19.4 Å². The molecule has 2 N–H and O–H groups in total. The predicted molar refractivity (Wildman–Crippen MR) is 57.8 cm³/mol. The monoisotopic (exact) mass is 225 g/mol. The molecule has 1 heterocycles. The fraction of sp³-hybridized carbons (Fsp3) is 0.500. The largest absolute Gasteiger partial charge is 0.465 e. The van der Waals surface area contributed by atoms with E-state index in [2.05, 4.69) is 14.7 Å². The number of anilines is 1. The van der Waals surface area contributed by atoms with Crippen LogP contribution in [0.15, 0.2) is 6.20 Å². The molecule has 0 aliphatic carbocycles. The van der Waals surface area contributed by atoms with Gasteiger partial charge in [0.05, 0.1) is 7.11 Å². The van der Waals surface area contributed by atoms with Crippen molar-refractivity contribution >= 4 is 11.8 Å². The van der Waals surface area contributed by atoms with Gasteiger partial charge in [-0.15, -0.1) is 0 Å². The highest BCUT2D eigenvalue weighted by molar-refractivity contribution is 5.93. The smallest absolute Gasteiger partial charge is 0.343 e. The van der Waals surface area contributed by atoms with Crippen LogP contribution >= 0.6 is 0 Å². The lowest BCUT2D eigenvalue weighted by molar-refractivity contribution is 0.0115. The molecule has 88 valence electrons. The quantitative estimate of drug-likeness (QED) is 0.763. The van der Waals surface area contributed by atoms with E-state index in [1.165, 1.54) is 13.3 Å². The third kappa shape index (κ3) is 2.27. The van der Waals surface area contributed by atoms with E-state index < -0.39 is 11.6 Å². The molecule has 0 aliphatic heterocycles. The predicted octanol–water partition coefficient (Wildman–Crippen LogP) is 0.727. The highest BCUT2D eigenvalue weighted by Crippen LogP contribution is 2.21. The molecule has 0 bridgehead atoms. The maximum absolute atomic E-state index is 11.3. The molecule has 0 saturated carbocycles. The van der Waals surface area contributed by atoms with Crippen LogP contribution in [0, 0.1) is 0 Å². The lowest BCUT2D eigenvalue weighted by Gasteiger charge is -2.21. The normalized spacial score (nSPS) is 11.2. The molecular formula is C10H15N3O3. The first-order chi connectivity index (χ1) is 7.42. The summed E-state index contributed by atoms with van der Waals surface area (Å²) in [6.45, 7) is 3.61. The number of nitrogens with zero attached hydrogens (tertiary/aromatic N) is 2. The Morgan fingerprint density at radius 3 is 2.50 bits per heavy atom. The third-order valence-electron chi connectivity index (χ3n) is 2.27. The first kappa shape index (κ1) is 12.4. The molecule has 0 atom stereocenters. The zero-order chi connectivity index (χ0) is 12.3. The van der Waals surface area contributed by atoms with Crippen molar-refractivity contribution in [2.75, 3.05) is 20.0 Å². The Morgan fingerprint density at radius 1 is 1.44 bits per heavy atom. The van der Waals surface area contributed by atoms with Gasteiger partial charge in [0.15, 0.2) is 5.82 Å². The lowest BCUT2D eigenvalue weighted by atomic mass is 10.1. The van der Waals surface area contributed by atoms with Gasteiger partial charge in [-0.3, -0.25) is 0 Å². The van der Waals surface area contributed by atoms with Gasteiger partial charge in [-0.2, -0.15) is 0 Å². The summed E-state index contributed by atoms with van der Waals surface area (Å²) in [4.78, 5) is 19.3. The number of methoxy groups -OCH3 is 2. The van der Waals surface area contributed by atoms with E-state index in [4.69, 9.17) is 10.5 Å². The molecular weight excluding hydrogens is 210 g/mol. The first-order valence-corrected chi connectivity index (χ1v) is 4.69. The summed E-state index contributed by atoms with van der Waals surface area (Å²) in [7, 11) is 2.82. The van der Waals surface area contributed by atoms with Crippen LogP contribution < -0.4 is 5.73 Å². The fourth-order valence-electron chi connectivity index (χ4n) is 1.04. The zero-order valence-electron chi connectivity index (χ0n) is 9.77. The number of esters is 1. The molecule has 1 aromatic rings. The van der Waals surface area contributed by atoms with Crippen LogP contribution in [0.25, 0.3) is 0 Å². The molecule has 6 heteroatoms. The Morgan fingerprint density at radius 2 is 2.06 bits per heavy atom. The number of hydrogen-bond donors (Lipinski definition) is 1. The van der Waals surface area contributed by atoms with Crippen molar-refractivity contribution in [1.29, 1.82) is 0 Å². The van der Waals surface area contributed by atoms with Crippen LogP contribution in [0.2, 0.25) is 0 Å². The summed E-state index contributed by atoms with van der Waals surface area (Å²) in [6.07, 6.45) is 1.34. The third-order valence-corrected chi connectivity index (χ3v) is 2.27. The fourth-order valence-corrected chi connectivity index (χ4v) is 1.04. The van der Waals surface area contributed by atoms with Gasteiger partial charge < -0.3 is 15.2 Å². The number of carbonyl (C=O) groups is 1. The average Bonchev–Trinajstić information content (AvgIpc) is 2.28. The standard InChI is InChI=1S/C10H15N3O3/c1-10(2,16-4)9-12-5-6(7(11)13-9)8(14)15-3/h5H,1-4H3,(H2,11,12,13). The van der Waals surface area contributed by atoms with E-state index >= 15 is 0 Å². The van der Waals surface area contributed by atoms with Gasteiger partial charge in [-0.25, -0.2) is 14.8 Å². The number of aromatic nitrogens is 2. The Hall–Kier alpha value is -1.69. The van der Waals surface area contributed by atoms with E-state index in [1.54, 1.807) is 21.0 Å². The second-order valence-electron chi connectivity index (χ2n) is 3.70. The number of hydrogen-bond acceptors (Lipinski definition) is 6. The molecule has 16 heavy (non-hydrogen) atoms. The summed E-state index contributed by atoms with van der Waals surface area (Å²) in [5.74, 6) is -0.0543. The van der Waals surface area contributed by atoms with Crippen LogP contribution in [-0.2, 0) is 15.1 Å². The minimum atomic E-state index is -0.650. The zero-order valence-corrected chi connectivity index (χ0v) is 9.77. The van der Waals surface area contributed by atoms with E-state index in [1.807, 2.05) is 0 Å². The minimum absolute atomic E-state index is 0.0852. The van der Waals surface area contributed by atoms with Crippen LogP contribution in [0.5, 0.6) is 0 Å².